The molecule has 0 saturated carbocycles. The number of rotatable bonds is 11. The van der Waals surface area contributed by atoms with Crippen LogP contribution in [0.3, 0.4) is 0 Å². The molecule has 1 N–H and O–H groups in total. The van der Waals surface area contributed by atoms with Gasteiger partial charge in [0.25, 0.3) is 0 Å². The molecule has 4 aliphatic rings. The fourth-order valence-corrected chi connectivity index (χ4v) is 9.53. The Morgan fingerprint density at radius 3 is 1.56 bits per heavy atom. The number of benzene rings is 4. The van der Waals surface area contributed by atoms with Gasteiger partial charge < -0.3 is 47.7 Å². The molecule has 10 nitrogen and oxygen atoms in total. The summed E-state index contributed by atoms with van der Waals surface area (Å²) in [6, 6.07) is 35.6. The van der Waals surface area contributed by atoms with Crippen molar-refractivity contribution in [2.24, 2.45) is 11.8 Å². The van der Waals surface area contributed by atoms with Gasteiger partial charge in [0.05, 0.1) is 46.2 Å². The molecule has 4 aromatic carbocycles. The summed E-state index contributed by atoms with van der Waals surface area (Å²) in [5.41, 5.74) is 1.70. The third kappa shape index (κ3) is 10.3. The smallest absolute Gasteiger partial charge is 0.184 e. The molecule has 0 radical (unpaired) electrons. The molecule has 57 heavy (non-hydrogen) atoms. The lowest BCUT2D eigenvalue weighted by Gasteiger charge is -2.48. The highest BCUT2D eigenvalue weighted by Gasteiger charge is 2.50. The molecule has 4 heterocycles. The molecule has 0 bridgehead atoms. The van der Waals surface area contributed by atoms with Crippen LogP contribution in [0.5, 0.6) is 11.5 Å². The first-order valence-electron chi connectivity index (χ1n) is 19.3. The summed E-state index contributed by atoms with van der Waals surface area (Å²) in [7, 11) is 3.32. The van der Waals surface area contributed by atoms with Crippen molar-refractivity contribution in [3.8, 4) is 11.5 Å². The predicted octanol–water partition coefficient (Wildman–Crippen LogP) is 8.46. The van der Waals surface area contributed by atoms with Crippen LogP contribution in [0.15, 0.2) is 132 Å². The standard InChI is InChI=1S/C24H28O5S.C21H24O5S/c1-4-14-26-21-16(2)24(30-19-12-10-18(25-3)11-13-19)28-20-15-27-23(29-22(20)21)17-8-6-5-7-9-17;1-13-18(22)19-17(12-24-20(26-19)14-6-4-3-5-7-14)25-21(13)27-16-10-8-15(23-2)9-11-16/h4-13,16,20-24H,1,14-15H2,2-3H3;3-11,13,17-22H,12H2,1-2H3/t16?,20?,21-,22+,23?,24+;13?,17?,18-,19+,20?,21+/m11/s1. The fourth-order valence-electron chi connectivity index (χ4n) is 7.27. The van der Waals surface area contributed by atoms with Crippen molar-refractivity contribution in [3.05, 3.63) is 133 Å². The van der Waals surface area contributed by atoms with Gasteiger partial charge in [-0.2, -0.15) is 0 Å². The van der Waals surface area contributed by atoms with Gasteiger partial charge in [-0.15, -0.1) is 6.58 Å². The summed E-state index contributed by atoms with van der Waals surface area (Å²) in [6.07, 6.45) is -0.914. The Labute approximate surface area is 344 Å². The van der Waals surface area contributed by atoms with Gasteiger partial charge in [0.2, 0.25) is 0 Å². The maximum absolute atomic E-state index is 10.9. The predicted molar refractivity (Wildman–Crippen MR) is 219 cm³/mol. The highest BCUT2D eigenvalue weighted by molar-refractivity contribution is 8.00. The number of fused-ring (bicyclic) bond motifs is 2. The van der Waals surface area contributed by atoms with Crippen LogP contribution in [-0.2, 0) is 33.2 Å². The minimum Gasteiger partial charge on any atom is -0.497 e. The molecule has 304 valence electrons. The Morgan fingerprint density at radius 1 is 0.632 bits per heavy atom. The first-order valence-corrected chi connectivity index (χ1v) is 21.1. The molecule has 4 fully saturated rings. The third-order valence-corrected chi connectivity index (χ3v) is 13.1. The Balaban J connectivity index is 0.000000175. The van der Waals surface area contributed by atoms with Gasteiger partial charge >= 0.3 is 0 Å². The van der Waals surface area contributed by atoms with Gasteiger partial charge in [0.1, 0.15) is 46.8 Å². The number of ether oxygens (including phenoxy) is 9. The second-order valence-electron chi connectivity index (χ2n) is 14.3. The number of aliphatic hydroxyl groups excluding tert-OH is 1. The lowest BCUT2D eigenvalue weighted by molar-refractivity contribution is -0.315. The lowest BCUT2D eigenvalue weighted by atomic mass is 9.92. The topological polar surface area (TPSA) is 103 Å². The van der Waals surface area contributed by atoms with Gasteiger partial charge in [0.15, 0.2) is 12.6 Å². The maximum Gasteiger partial charge on any atom is 0.184 e. The summed E-state index contributed by atoms with van der Waals surface area (Å²) < 4.78 is 53.6. The molecule has 0 spiro atoms. The second-order valence-corrected chi connectivity index (χ2v) is 16.7. The SMILES string of the molecule is C=CCO[C@@H]1C(C)[C@H](Sc2ccc(OC)cc2)OC2COC(c3ccccc3)O[C@@H]21.COc1ccc(S[C@@H]2OC3COC(c4ccccc4)O[C@@H]3[C@H](O)C2C)cc1. The summed E-state index contributed by atoms with van der Waals surface area (Å²) in [4.78, 5) is 2.19. The van der Waals surface area contributed by atoms with Crippen molar-refractivity contribution in [3.63, 3.8) is 0 Å². The van der Waals surface area contributed by atoms with Crippen LogP contribution in [0.1, 0.15) is 37.6 Å². The summed E-state index contributed by atoms with van der Waals surface area (Å²) in [6.45, 7) is 9.28. The van der Waals surface area contributed by atoms with Gasteiger partial charge in [-0.05, 0) is 48.5 Å². The molecule has 4 aromatic rings. The first kappa shape index (κ1) is 41.7. The molecule has 8 rings (SSSR count). The molecule has 0 amide bonds. The number of hydrogen-bond donors (Lipinski definition) is 1. The molecule has 6 unspecified atom stereocenters. The zero-order valence-corrected chi connectivity index (χ0v) is 34.3. The zero-order chi connectivity index (χ0) is 39.7. The third-order valence-electron chi connectivity index (χ3n) is 10.5. The Morgan fingerprint density at radius 2 is 1.09 bits per heavy atom. The maximum atomic E-state index is 10.9. The van der Waals surface area contributed by atoms with Crippen LogP contribution in [0.4, 0.5) is 0 Å². The Kier molecular flexibility index (Phi) is 14.7. The van der Waals surface area contributed by atoms with Crippen molar-refractivity contribution in [1.29, 1.82) is 0 Å². The molecule has 12 heteroatoms. The summed E-state index contributed by atoms with van der Waals surface area (Å²) in [5.74, 6) is 1.70. The van der Waals surface area contributed by atoms with Crippen molar-refractivity contribution in [2.45, 2.75) is 83.7 Å². The van der Waals surface area contributed by atoms with Gasteiger partial charge in [-0.3, -0.25) is 0 Å². The van der Waals surface area contributed by atoms with Crippen molar-refractivity contribution < 1.29 is 47.7 Å². The van der Waals surface area contributed by atoms with E-state index >= 15 is 0 Å². The van der Waals surface area contributed by atoms with Crippen molar-refractivity contribution in [1.82, 2.24) is 0 Å². The molecule has 4 saturated heterocycles. The molecular weight excluding hydrogens is 765 g/mol. The van der Waals surface area contributed by atoms with E-state index in [-0.39, 0.29) is 47.1 Å². The quantitative estimate of drug-likeness (QED) is 0.147. The number of hydrogen-bond acceptors (Lipinski definition) is 12. The van der Waals surface area contributed by atoms with Crippen molar-refractivity contribution in [2.75, 3.05) is 34.0 Å². The minimum atomic E-state index is -0.616. The van der Waals surface area contributed by atoms with E-state index in [0.29, 0.717) is 19.8 Å². The normalized spacial score (nSPS) is 32.1. The van der Waals surface area contributed by atoms with Crippen LogP contribution in [0.2, 0.25) is 0 Å². The van der Waals surface area contributed by atoms with E-state index in [4.69, 9.17) is 42.6 Å². The number of aliphatic hydroxyl groups is 1. The molecule has 12 atom stereocenters. The van der Waals surface area contributed by atoms with E-state index in [1.807, 2.05) is 116 Å². The average Bonchev–Trinajstić information content (AvgIpc) is 3.26. The highest BCUT2D eigenvalue weighted by atomic mass is 32.2. The van der Waals surface area contributed by atoms with E-state index in [2.05, 4.69) is 13.5 Å². The lowest BCUT2D eigenvalue weighted by Crippen LogP contribution is -2.58. The van der Waals surface area contributed by atoms with Gasteiger partial charge in [-0.25, -0.2) is 0 Å². The second kappa shape index (κ2) is 20.0. The van der Waals surface area contributed by atoms with Crippen LogP contribution >= 0.6 is 23.5 Å². The number of thioether (sulfide) groups is 2. The van der Waals surface area contributed by atoms with E-state index in [1.165, 1.54) is 0 Å². The molecule has 0 aromatic heterocycles. The molecular formula is C45H52O10S2. The Bertz CT molecular complexity index is 1820. The minimum absolute atomic E-state index is 0.0741. The average molecular weight is 817 g/mol. The summed E-state index contributed by atoms with van der Waals surface area (Å²) >= 11 is 3.29. The number of methoxy groups -OCH3 is 2. The van der Waals surface area contributed by atoms with E-state index in [0.717, 1.165) is 32.4 Å². The fraction of sp³-hybridized carbons (Fsp3) is 0.422. The van der Waals surface area contributed by atoms with Crippen LogP contribution in [0, 0.1) is 11.8 Å². The summed E-state index contributed by atoms with van der Waals surface area (Å²) in [5, 5.41) is 10.9. The van der Waals surface area contributed by atoms with Crippen molar-refractivity contribution >= 4 is 23.5 Å². The highest BCUT2D eigenvalue weighted by Crippen LogP contribution is 2.44. The van der Waals surface area contributed by atoms with Gasteiger partial charge in [-0.1, -0.05) is 104 Å². The van der Waals surface area contributed by atoms with Crippen LogP contribution in [-0.4, -0.2) is 86.6 Å². The Hall–Kier alpha value is -3.40. The monoisotopic (exact) mass is 816 g/mol. The molecule has 4 aliphatic heterocycles. The first-order chi connectivity index (χ1) is 27.8. The zero-order valence-electron chi connectivity index (χ0n) is 32.7. The van der Waals surface area contributed by atoms with Gasteiger partial charge in [0, 0.05) is 32.8 Å². The van der Waals surface area contributed by atoms with E-state index in [9.17, 15) is 5.11 Å². The molecule has 0 aliphatic carbocycles. The van der Waals surface area contributed by atoms with Crippen LogP contribution < -0.4 is 9.47 Å². The van der Waals surface area contributed by atoms with Crippen LogP contribution in [0.25, 0.3) is 0 Å². The van der Waals surface area contributed by atoms with E-state index < -0.39 is 24.8 Å². The largest absolute Gasteiger partial charge is 0.497 e. The van der Waals surface area contributed by atoms with E-state index in [1.54, 1.807) is 43.8 Å².